The van der Waals surface area contributed by atoms with Crippen molar-refractivity contribution in [2.75, 3.05) is 4.90 Å². The predicted molar refractivity (Wildman–Crippen MR) is 245 cm³/mol. The van der Waals surface area contributed by atoms with Crippen LogP contribution in [0.5, 0.6) is 0 Å². The van der Waals surface area contributed by atoms with Crippen LogP contribution in [0.2, 0.25) is 0 Å². The van der Waals surface area contributed by atoms with Gasteiger partial charge in [0, 0.05) is 33.1 Å². The van der Waals surface area contributed by atoms with E-state index in [0.29, 0.717) is 16.9 Å². The molecule has 0 bridgehead atoms. The van der Waals surface area contributed by atoms with Gasteiger partial charge in [-0.1, -0.05) is 176 Å². The minimum atomic E-state index is -0.138. The van der Waals surface area contributed by atoms with Crippen molar-refractivity contribution in [1.82, 2.24) is 0 Å². The summed E-state index contributed by atoms with van der Waals surface area (Å²) in [6.45, 7) is 0. The van der Waals surface area contributed by atoms with E-state index in [9.17, 15) is 5.48 Å². The Morgan fingerprint density at radius 1 is 0.345 bits per heavy atom. The Bertz CT molecular complexity index is 3470. The van der Waals surface area contributed by atoms with E-state index >= 15 is 0 Å². The number of furan rings is 1. The first-order chi connectivity index (χ1) is 30.4. The lowest BCUT2D eigenvalue weighted by atomic mass is 9.97. The van der Waals surface area contributed by atoms with Gasteiger partial charge in [-0.25, -0.2) is 0 Å². The van der Waals surface area contributed by atoms with Crippen molar-refractivity contribution in [3.05, 3.63) is 224 Å². The van der Waals surface area contributed by atoms with Gasteiger partial charge < -0.3 is 9.32 Å². The first-order valence-corrected chi connectivity index (χ1v) is 19.5. The largest absolute Gasteiger partial charge is 0.455 e. The summed E-state index contributed by atoms with van der Waals surface area (Å²) in [6, 6.07) is 66.6. The molecule has 2 nitrogen and oxygen atoms in total. The van der Waals surface area contributed by atoms with E-state index in [2.05, 4.69) is 84.9 Å². The maximum absolute atomic E-state index is 9.66. The van der Waals surface area contributed by atoms with Crippen molar-refractivity contribution >= 4 is 60.5 Å². The van der Waals surface area contributed by atoms with E-state index < -0.39 is 0 Å². The van der Waals surface area contributed by atoms with Crippen molar-refractivity contribution in [1.29, 1.82) is 0 Å². The highest BCUT2D eigenvalue weighted by atomic mass is 16.3. The highest BCUT2D eigenvalue weighted by molar-refractivity contribution is 6.15. The molecule has 0 unspecified atom stereocenters. The second kappa shape index (κ2) is 14.1. The van der Waals surface area contributed by atoms with E-state index in [1.54, 1.807) is 0 Å². The molecule has 0 fully saturated rings. The third-order valence-corrected chi connectivity index (χ3v) is 11.2. The molecule has 0 amide bonds. The molecule has 0 saturated heterocycles. The maximum Gasteiger partial charge on any atom is 0.143 e. The van der Waals surface area contributed by atoms with Crippen LogP contribution >= 0.6 is 0 Å². The maximum atomic E-state index is 9.66. The molecule has 0 radical (unpaired) electrons. The summed E-state index contributed by atoms with van der Waals surface area (Å²) >= 11 is 0. The Kier molecular flexibility index (Phi) is 7.20. The monoisotopic (exact) mass is 743 g/mol. The lowest BCUT2D eigenvalue weighted by Crippen LogP contribution is -2.11. The standard InChI is InChI=1S/C56H37NO/c1-2-11-38(12-3-1)39-21-23-40(24-22-39)41-25-31-46(32-26-41)57(47-33-27-44(28-34-47)49-19-10-15-42-13-4-6-16-48(42)49)54-20-9-8-17-50(54)45-30-35-52-53-36-29-43-14-5-7-18-51(43)56(53)58-55(52)37-45/h1-37H/i25D,26D,31D,32D. The first-order valence-electron chi connectivity index (χ1n) is 21.5. The molecule has 0 aliphatic carbocycles. The predicted octanol–water partition coefficient (Wildman–Crippen LogP) is 16.0. The van der Waals surface area contributed by atoms with Crippen molar-refractivity contribution in [2.45, 2.75) is 0 Å². The van der Waals surface area contributed by atoms with Crippen LogP contribution < -0.4 is 4.90 Å². The third kappa shape index (κ3) is 5.91. The van der Waals surface area contributed by atoms with Crippen LogP contribution in [0.15, 0.2) is 229 Å². The van der Waals surface area contributed by atoms with Crippen LogP contribution in [0.4, 0.5) is 17.1 Å². The number of nitrogens with zero attached hydrogens (tertiary/aromatic N) is 1. The zero-order valence-electron chi connectivity index (χ0n) is 35.4. The number of fused-ring (bicyclic) bond motifs is 6. The Hall–Kier alpha value is -7.68. The van der Waals surface area contributed by atoms with Crippen LogP contribution in [0, 0.1) is 0 Å². The number of anilines is 3. The van der Waals surface area contributed by atoms with Gasteiger partial charge >= 0.3 is 0 Å². The molecule has 0 spiro atoms. The van der Waals surface area contributed by atoms with Gasteiger partial charge in [-0.2, -0.15) is 0 Å². The summed E-state index contributed by atoms with van der Waals surface area (Å²) in [5.41, 5.74) is 9.93. The summed E-state index contributed by atoms with van der Waals surface area (Å²) in [5, 5.41) is 6.52. The van der Waals surface area contributed by atoms with Crippen molar-refractivity contribution < 1.29 is 9.90 Å². The average Bonchev–Trinajstić information content (AvgIpc) is 3.71. The van der Waals surface area contributed by atoms with Crippen LogP contribution in [0.3, 0.4) is 0 Å². The fourth-order valence-corrected chi connectivity index (χ4v) is 8.26. The van der Waals surface area contributed by atoms with Gasteiger partial charge in [0.05, 0.1) is 11.2 Å². The fourth-order valence-electron chi connectivity index (χ4n) is 8.26. The van der Waals surface area contributed by atoms with Crippen molar-refractivity contribution in [2.24, 2.45) is 0 Å². The van der Waals surface area contributed by atoms with Crippen molar-refractivity contribution in [3.8, 4) is 44.5 Å². The zero-order chi connectivity index (χ0) is 41.9. The zero-order valence-corrected chi connectivity index (χ0v) is 31.4. The van der Waals surface area contributed by atoms with Gasteiger partial charge in [0.15, 0.2) is 0 Å². The van der Waals surface area contributed by atoms with Crippen LogP contribution in [0.25, 0.3) is 88.0 Å². The number of benzene rings is 10. The quantitative estimate of drug-likeness (QED) is 0.162. The van der Waals surface area contributed by atoms with Gasteiger partial charge in [0.1, 0.15) is 11.2 Å². The molecule has 272 valence electrons. The minimum absolute atomic E-state index is 0.112. The van der Waals surface area contributed by atoms with Crippen LogP contribution in [-0.2, 0) is 0 Å². The summed E-state index contributed by atoms with van der Waals surface area (Å²) in [6.07, 6.45) is 0. The lowest BCUT2D eigenvalue weighted by molar-refractivity contribution is 0.673. The van der Waals surface area contributed by atoms with E-state index in [1.807, 2.05) is 120 Å². The number of rotatable bonds is 7. The molecule has 0 aliphatic heterocycles. The molecule has 10 aromatic carbocycles. The highest BCUT2D eigenvalue weighted by Crippen LogP contribution is 2.44. The van der Waals surface area contributed by atoms with Gasteiger partial charge in [-0.15, -0.1) is 0 Å². The SMILES string of the molecule is [2H]c1c([2H])c(N(c2ccc(-c3cccc4ccccc34)cc2)c2ccccc2-c2ccc3c(c2)oc2c4ccccc4ccc32)c([2H])c([2H])c1-c1ccc(-c2ccccc2)cc1. The summed E-state index contributed by atoms with van der Waals surface area (Å²) < 4.78 is 44.9. The molecule has 2 heteroatoms. The Morgan fingerprint density at radius 2 is 0.914 bits per heavy atom. The molecular formula is C56H37NO. The smallest absolute Gasteiger partial charge is 0.143 e. The molecule has 11 aromatic rings. The van der Waals surface area contributed by atoms with E-state index in [0.717, 1.165) is 76.9 Å². The van der Waals surface area contributed by atoms with E-state index in [-0.39, 0.29) is 35.4 Å². The molecule has 58 heavy (non-hydrogen) atoms. The molecule has 0 N–H and O–H groups in total. The molecule has 0 aliphatic rings. The first kappa shape index (κ1) is 29.6. The van der Waals surface area contributed by atoms with Gasteiger partial charge in [0.2, 0.25) is 0 Å². The summed E-state index contributed by atoms with van der Waals surface area (Å²) in [4.78, 5) is 1.88. The topological polar surface area (TPSA) is 16.4 Å². The van der Waals surface area contributed by atoms with Crippen LogP contribution in [-0.4, -0.2) is 0 Å². The number of hydrogen-bond donors (Lipinski definition) is 0. The number of hydrogen-bond acceptors (Lipinski definition) is 2. The Balaban J connectivity index is 1.09. The Morgan fingerprint density at radius 3 is 1.71 bits per heavy atom. The van der Waals surface area contributed by atoms with E-state index in [1.165, 1.54) is 0 Å². The summed E-state index contributed by atoms with van der Waals surface area (Å²) in [5.74, 6) is 0. The molecule has 1 heterocycles. The average molecular weight is 744 g/mol. The number of para-hydroxylation sites is 1. The van der Waals surface area contributed by atoms with Gasteiger partial charge in [-0.05, 0) is 104 Å². The minimum Gasteiger partial charge on any atom is -0.455 e. The second-order valence-electron chi connectivity index (χ2n) is 14.6. The normalized spacial score (nSPS) is 12.4. The fraction of sp³-hybridized carbons (Fsp3) is 0. The van der Waals surface area contributed by atoms with Crippen molar-refractivity contribution in [3.63, 3.8) is 0 Å². The molecular weight excluding hydrogens is 703 g/mol. The van der Waals surface area contributed by atoms with Gasteiger partial charge in [-0.3, -0.25) is 0 Å². The third-order valence-electron chi connectivity index (χ3n) is 11.2. The van der Waals surface area contributed by atoms with Crippen LogP contribution in [0.1, 0.15) is 5.48 Å². The molecule has 1 aromatic heterocycles. The Labute approximate surface area is 343 Å². The second-order valence-corrected chi connectivity index (χ2v) is 14.6. The van der Waals surface area contributed by atoms with Gasteiger partial charge in [0.25, 0.3) is 0 Å². The lowest BCUT2D eigenvalue weighted by Gasteiger charge is -2.28. The molecule has 0 saturated carbocycles. The molecule has 0 atom stereocenters. The van der Waals surface area contributed by atoms with E-state index in [4.69, 9.17) is 4.42 Å². The highest BCUT2D eigenvalue weighted by Gasteiger charge is 2.19. The molecule has 11 rings (SSSR count). The summed E-state index contributed by atoms with van der Waals surface area (Å²) in [7, 11) is 0.